The van der Waals surface area contributed by atoms with Crippen LogP contribution in [0.4, 0.5) is 4.39 Å². The van der Waals surface area contributed by atoms with Gasteiger partial charge in [0, 0.05) is 6.61 Å². The Morgan fingerprint density at radius 2 is 2.20 bits per heavy atom. The van der Waals surface area contributed by atoms with E-state index in [1.807, 2.05) is 0 Å². The van der Waals surface area contributed by atoms with Gasteiger partial charge >= 0.3 is 0 Å². The highest BCUT2D eigenvalue weighted by atomic mass is 35.5. The highest BCUT2D eigenvalue weighted by molar-refractivity contribution is 7.89. The van der Waals surface area contributed by atoms with E-state index in [1.165, 1.54) is 0 Å². The van der Waals surface area contributed by atoms with Crippen molar-refractivity contribution in [2.45, 2.75) is 17.4 Å². The van der Waals surface area contributed by atoms with E-state index in [0.29, 0.717) is 25.7 Å². The Hall–Kier alpha value is -1.22. The van der Waals surface area contributed by atoms with Crippen molar-refractivity contribution in [3.63, 3.8) is 0 Å². The van der Waals surface area contributed by atoms with Crippen molar-refractivity contribution in [2.75, 3.05) is 13.2 Å². The van der Waals surface area contributed by atoms with Crippen molar-refractivity contribution in [1.29, 1.82) is 0 Å². The minimum absolute atomic E-state index is 0.209. The highest BCUT2D eigenvalue weighted by Gasteiger charge is 2.23. The average Bonchev–Trinajstić information content (AvgIpc) is 2.83. The molecule has 1 aliphatic rings. The number of hydrogen-bond donors (Lipinski definition) is 2. The molecule has 110 valence electrons. The number of nitrogens with two attached hydrogens (primary N) is 1. The van der Waals surface area contributed by atoms with Gasteiger partial charge in [0.2, 0.25) is 10.0 Å². The van der Waals surface area contributed by atoms with Crippen LogP contribution < -0.4 is 10.5 Å². The van der Waals surface area contributed by atoms with E-state index < -0.39 is 31.7 Å². The predicted molar refractivity (Wildman–Crippen MR) is 69.5 cm³/mol. The molecule has 1 saturated heterocycles. The Balaban J connectivity index is 2.34. The molecule has 0 aromatic heterocycles. The molecule has 1 aromatic rings. The summed E-state index contributed by atoms with van der Waals surface area (Å²) in [6.45, 7) is 0.866. The summed E-state index contributed by atoms with van der Waals surface area (Å²) < 4.78 is 41.1. The van der Waals surface area contributed by atoms with Crippen LogP contribution in [0.5, 0.6) is 0 Å². The molecule has 1 heterocycles. The topological polar surface area (TPSA) is 98.5 Å². The second kappa shape index (κ2) is 5.65. The second-order valence-corrected chi connectivity index (χ2v) is 6.29. The number of halogens is 2. The van der Waals surface area contributed by atoms with Gasteiger partial charge in [-0.15, -0.1) is 0 Å². The molecule has 0 radical (unpaired) electrons. The van der Waals surface area contributed by atoms with Gasteiger partial charge in [0.25, 0.3) is 5.91 Å². The quantitative estimate of drug-likeness (QED) is 0.853. The first-order chi connectivity index (χ1) is 9.29. The van der Waals surface area contributed by atoms with Gasteiger partial charge in [-0.2, -0.15) is 0 Å². The molecule has 0 saturated carbocycles. The molecule has 0 aliphatic carbocycles. The first-order valence-corrected chi connectivity index (χ1v) is 7.62. The number of benzene rings is 1. The van der Waals surface area contributed by atoms with Crippen molar-refractivity contribution in [3.05, 3.63) is 28.5 Å². The Bertz CT molecular complexity index is 644. The molecule has 1 atom stereocenters. The van der Waals surface area contributed by atoms with Gasteiger partial charge in [0.15, 0.2) is 0 Å². The van der Waals surface area contributed by atoms with Gasteiger partial charge in [-0.25, -0.2) is 17.9 Å². The van der Waals surface area contributed by atoms with Gasteiger partial charge in [0.05, 0.1) is 28.1 Å². The first kappa shape index (κ1) is 15.2. The average molecular weight is 323 g/mol. The number of carbonyl (C=O) groups excluding carboxylic acids is 1. The molecule has 1 amide bonds. The monoisotopic (exact) mass is 322 g/mol. The van der Waals surface area contributed by atoms with E-state index in [2.05, 4.69) is 5.32 Å². The zero-order valence-electron chi connectivity index (χ0n) is 10.2. The Morgan fingerprint density at radius 3 is 2.75 bits per heavy atom. The number of rotatable bonds is 3. The molecule has 1 aliphatic heterocycles. The minimum Gasteiger partial charge on any atom is -0.379 e. The van der Waals surface area contributed by atoms with Gasteiger partial charge in [0.1, 0.15) is 5.82 Å². The SMILES string of the molecule is NS(=O)(=O)c1cc(F)c(Cl)c(C(=O)NC2CCOC2)c1. The van der Waals surface area contributed by atoms with Crippen LogP contribution >= 0.6 is 11.6 Å². The van der Waals surface area contributed by atoms with E-state index in [0.717, 1.165) is 6.07 Å². The summed E-state index contributed by atoms with van der Waals surface area (Å²) in [5.41, 5.74) is -0.275. The van der Waals surface area contributed by atoms with Crippen LogP contribution in [-0.4, -0.2) is 33.6 Å². The fraction of sp³-hybridized carbons (Fsp3) is 0.364. The number of primary sulfonamides is 1. The van der Waals surface area contributed by atoms with Crippen molar-refractivity contribution < 1.29 is 22.3 Å². The van der Waals surface area contributed by atoms with Crippen LogP contribution in [0, 0.1) is 5.82 Å². The van der Waals surface area contributed by atoms with Crippen LogP contribution in [0.15, 0.2) is 17.0 Å². The maximum absolute atomic E-state index is 13.6. The lowest BCUT2D eigenvalue weighted by Gasteiger charge is -2.12. The fourth-order valence-corrected chi connectivity index (χ4v) is 2.55. The summed E-state index contributed by atoms with van der Waals surface area (Å²) in [6.07, 6.45) is 0.626. The summed E-state index contributed by atoms with van der Waals surface area (Å²) in [6, 6.07) is 1.42. The number of amides is 1. The highest BCUT2D eigenvalue weighted by Crippen LogP contribution is 2.24. The van der Waals surface area contributed by atoms with Crippen LogP contribution in [0.25, 0.3) is 0 Å². The van der Waals surface area contributed by atoms with E-state index >= 15 is 0 Å². The molecule has 9 heteroatoms. The Morgan fingerprint density at radius 1 is 1.50 bits per heavy atom. The predicted octanol–water partition coefficient (Wildman–Crippen LogP) is 0.645. The van der Waals surface area contributed by atoms with Crippen molar-refractivity contribution in [3.8, 4) is 0 Å². The molecule has 0 spiro atoms. The molecule has 3 N–H and O–H groups in total. The van der Waals surface area contributed by atoms with E-state index in [4.69, 9.17) is 21.5 Å². The lowest BCUT2D eigenvalue weighted by atomic mass is 10.1. The summed E-state index contributed by atoms with van der Waals surface area (Å²) in [5, 5.41) is 7.06. The molecule has 2 rings (SSSR count). The lowest BCUT2D eigenvalue weighted by molar-refractivity contribution is 0.0929. The Kier molecular flexibility index (Phi) is 4.28. The molecule has 1 unspecified atom stereocenters. The third kappa shape index (κ3) is 3.26. The molecule has 6 nitrogen and oxygen atoms in total. The van der Waals surface area contributed by atoms with Gasteiger partial charge in [-0.05, 0) is 18.6 Å². The number of sulfonamides is 1. The minimum atomic E-state index is -4.13. The molecule has 20 heavy (non-hydrogen) atoms. The van der Waals surface area contributed by atoms with Crippen molar-refractivity contribution in [2.24, 2.45) is 5.14 Å². The second-order valence-electron chi connectivity index (χ2n) is 4.35. The summed E-state index contributed by atoms with van der Waals surface area (Å²) in [5.74, 6) is -1.69. The molecular weight excluding hydrogens is 311 g/mol. The van der Waals surface area contributed by atoms with Crippen molar-refractivity contribution >= 4 is 27.5 Å². The van der Waals surface area contributed by atoms with Gasteiger partial charge in [-0.3, -0.25) is 4.79 Å². The summed E-state index contributed by atoms with van der Waals surface area (Å²) in [7, 11) is -4.13. The van der Waals surface area contributed by atoms with Crippen LogP contribution in [-0.2, 0) is 14.8 Å². The first-order valence-electron chi connectivity index (χ1n) is 5.69. The Labute approximate surface area is 120 Å². The van der Waals surface area contributed by atoms with Crippen molar-refractivity contribution in [1.82, 2.24) is 5.32 Å². The number of hydrogen-bond acceptors (Lipinski definition) is 4. The molecular formula is C11H12ClFN2O4S. The lowest BCUT2D eigenvalue weighted by Crippen LogP contribution is -2.35. The fourth-order valence-electron chi connectivity index (χ4n) is 1.81. The molecule has 1 aromatic carbocycles. The third-order valence-corrected chi connectivity index (χ3v) is 4.12. The standard InChI is InChI=1S/C11H12ClFN2O4S/c12-10-8(11(16)15-6-1-2-19-5-6)3-7(4-9(10)13)20(14,17)18/h3-4,6H,1-2,5H2,(H,15,16)(H2,14,17,18). The maximum Gasteiger partial charge on any atom is 0.253 e. The number of nitrogens with one attached hydrogen (secondary N) is 1. The van der Waals surface area contributed by atoms with E-state index in [1.54, 1.807) is 0 Å². The van der Waals surface area contributed by atoms with E-state index in [9.17, 15) is 17.6 Å². The number of carbonyl (C=O) groups is 1. The van der Waals surface area contributed by atoms with Crippen LogP contribution in [0.3, 0.4) is 0 Å². The normalized spacial score (nSPS) is 19.1. The third-order valence-electron chi connectivity index (χ3n) is 2.84. The number of ether oxygens (including phenoxy) is 1. The largest absolute Gasteiger partial charge is 0.379 e. The van der Waals surface area contributed by atoms with Gasteiger partial charge in [-0.1, -0.05) is 11.6 Å². The summed E-state index contributed by atoms with van der Waals surface area (Å²) >= 11 is 5.69. The van der Waals surface area contributed by atoms with Gasteiger partial charge < -0.3 is 10.1 Å². The van der Waals surface area contributed by atoms with Crippen LogP contribution in [0.1, 0.15) is 16.8 Å². The molecule has 1 fully saturated rings. The molecule has 0 bridgehead atoms. The zero-order valence-corrected chi connectivity index (χ0v) is 11.8. The zero-order chi connectivity index (χ0) is 14.9. The van der Waals surface area contributed by atoms with Crippen LogP contribution in [0.2, 0.25) is 5.02 Å². The van der Waals surface area contributed by atoms with E-state index in [-0.39, 0.29) is 11.6 Å². The maximum atomic E-state index is 13.6. The smallest absolute Gasteiger partial charge is 0.253 e. The summed E-state index contributed by atoms with van der Waals surface area (Å²) in [4.78, 5) is 11.5.